The van der Waals surface area contributed by atoms with Gasteiger partial charge in [0.05, 0.1) is 11.8 Å². The van der Waals surface area contributed by atoms with Crippen LogP contribution in [0.1, 0.15) is 44.0 Å². The van der Waals surface area contributed by atoms with E-state index in [4.69, 9.17) is 4.52 Å². The van der Waals surface area contributed by atoms with Gasteiger partial charge in [-0.2, -0.15) is 4.98 Å². The lowest BCUT2D eigenvalue weighted by molar-refractivity contribution is -0.134. The summed E-state index contributed by atoms with van der Waals surface area (Å²) in [4.78, 5) is 31.5. The molecule has 1 aliphatic heterocycles. The van der Waals surface area contributed by atoms with Crippen molar-refractivity contribution in [1.82, 2.24) is 20.4 Å². The number of fused-ring (bicyclic) bond motifs is 1. The van der Waals surface area contributed by atoms with E-state index in [1.54, 1.807) is 25.1 Å². The minimum absolute atomic E-state index is 0.00152. The Labute approximate surface area is 175 Å². The summed E-state index contributed by atoms with van der Waals surface area (Å²) in [5.41, 5.74) is -0.0778. The normalized spacial score (nSPS) is 25.6. The first-order valence-electron chi connectivity index (χ1n) is 10.4. The first kappa shape index (κ1) is 20.5. The zero-order valence-corrected chi connectivity index (χ0v) is 17.5. The highest BCUT2D eigenvalue weighted by Crippen LogP contribution is 2.50. The van der Waals surface area contributed by atoms with Crippen molar-refractivity contribution in [3.05, 3.63) is 47.4 Å². The molecule has 2 heterocycles. The fourth-order valence-corrected chi connectivity index (χ4v) is 4.94. The van der Waals surface area contributed by atoms with Crippen LogP contribution in [0.3, 0.4) is 0 Å². The molecule has 1 aromatic heterocycles. The quantitative estimate of drug-likeness (QED) is 0.812. The molecule has 8 heteroatoms. The van der Waals surface area contributed by atoms with Gasteiger partial charge < -0.3 is 14.7 Å². The largest absolute Gasteiger partial charge is 0.353 e. The van der Waals surface area contributed by atoms with Crippen molar-refractivity contribution in [2.45, 2.75) is 51.5 Å². The van der Waals surface area contributed by atoms with Gasteiger partial charge in [-0.3, -0.25) is 9.59 Å². The molecule has 3 unspecified atom stereocenters. The molecule has 7 nitrogen and oxygen atoms in total. The van der Waals surface area contributed by atoms with Gasteiger partial charge >= 0.3 is 0 Å². The topological polar surface area (TPSA) is 88.3 Å². The van der Waals surface area contributed by atoms with Crippen molar-refractivity contribution in [3.63, 3.8) is 0 Å². The smallest absolute Gasteiger partial charge is 0.235 e. The van der Waals surface area contributed by atoms with E-state index in [1.807, 2.05) is 18.7 Å². The Kier molecular flexibility index (Phi) is 5.34. The number of benzene rings is 1. The van der Waals surface area contributed by atoms with Crippen LogP contribution in [-0.2, 0) is 21.4 Å². The minimum atomic E-state index is -0.457. The number of carbonyl (C=O) groups is 2. The number of rotatable bonds is 5. The van der Waals surface area contributed by atoms with E-state index in [9.17, 15) is 14.0 Å². The van der Waals surface area contributed by atoms with Crippen molar-refractivity contribution < 1.29 is 18.5 Å². The van der Waals surface area contributed by atoms with Crippen LogP contribution in [0.5, 0.6) is 0 Å². The Bertz CT molecular complexity index is 959. The third-order valence-electron chi connectivity index (χ3n) is 6.31. The number of hydrogen-bond donors (Lipinski definition) is 1. The molecule has 1 saturated carbocycles. The number of nitrogens with zero attached hydrogens (tertiary/aromatic N) is 3. The maximum atomic E-state index is 13.9. The molecule has 0 bridgehead atoms. The number of nitrogens with one attached hydrogen (secondary N) is 1. The van der Waals surface area contributed by atoms with Gasteiger partial charge in [-0.1, -0.05) is 37.2 Å². The van der Waals surface area contributed by atoms with Gasteiger partial charge in [0.15, 0.2) is 5.82 Å². The van der Waals surface area contributed by atoms with Crippen LogP contribution < -0.4 is 5.32 Å². The molecular formula is C22H27FN4O3. The Balaban J connectivity index is 1.50. The molecule has 4 rings (SSSR count). The van der Waals surface area contributed by atoms with Crippen molar-refractivity contribution in [3.8, 4) is 0 Å². The second-order valence-electron chi connectivity index (χ2n) is 8.85. The predicted molar refractivity (Wildman–Crippen MR) is 107 cm³/mol. The van der Waals surface area contributed by atoms with Gasteiger partial charge in [-0.25, -0.2) is 4.39 Å². The molecular weight excluding hydrogens is 387 g/mol. The van der Waals surface area contributed by atoms with E-state index in [0.29, 0.717) is 43.2 Å². The summed E-state index contributed by atoms with van der Waals surface area (Å²) in [6.45, 7) is 6.68. The maximum Gasteiger partial charge on any atom is 0.235 e. The molecule has 1 aromatic carbocycles. The summed E-state index contributed by atoms with van der Waals surface area (Å²) >= 11 is 0. The Morgan fingerprint density at radius 2 is 2.13 bits per heavy atom. The lowest BCUT2D eigenvalue weighted by Crippen LogP contribution is -2.40. The van der Waals surface area contributed by atoms with Crippen LogP contribution in [0.15, 0.2) is 28.8 Å². The molecule has 2 aromatic rings. The second kappa shape index (κ2) is 7.81. The van der Waals surface area contributed by atoms with Crippen molar-refractivity contribution >= 4 is 11.8 Å². The fraction of sp³-hybridized carbons (Fsp3) is 0.545. The zero-order valence-electron chi connectivity index (χ0n) is 17.5. The van der Waals surface area contributed by atoms with Gasteiger partial charge in [0.1, 0.15) is 5.82 Å². The molecule has 1 saturated heterocycles. The molecule has 2 fully saturated rings. The summed E-state index contributed by atoms with van der Waals surface area (Å²) in [5.74, 6) is 0.655. The SMILES string of the molecule is Cc1noc(C23CC(NC(=O)Cc4ccccc4F)CC2CN(C(=O)C(C)C)C3)n1. The molecule has 2 amide bonds. The number of aryl methyl sites for hydroxylation is 1. The molecule has 0 radical (unpaired) electrons. The highest BCUT2D eigenvalue weighted by molar-refractivity contribution is 5.79. The second-order valence-corrected chi connectivity index (χ2v) is 8.85. The summed E-state index contributed by atoms with van der Waals surface area (Å²) in [5, 5.41) is 7.01. The van der Waals surface area contributed by atoms with Gasteiger partial charge in [0, 0.05) is 25.0 Å². The van der Waals surface area contributed by atoms with Crippen molar-refractivity contribution in [1.29, 1.82) is 0 Å². The van der Waals surface area contributed by atoms with Crippen LogP contribution in [-0.4, -0.2) is 46.0 Å². The van der Waals surface area contributed by atoms with Crippen molar-refractivity contribution in [2.75, 3.05) is 13.1 Å². The zero-order chi connectivity index (χ0) is 21.5. The summed E-state index contributed by atoms with van der Waals surface area (Å²) in [7, 11) is 0. The van der Waals surface area contributed by atoms with Gasteiger partial charge in [0.25, 0.3) is 0 Å². The number of halogens is 1. The molecule has 30 heavy (non-hydrogen) atoms. The molecule has 1 aliphatic carbocycles. The molecule has 1 N–H and O–H groups in total. The Morgan fingerprint density at radius 1 is 1.37 bits per heavy atom. The van der Waals surface area contributed by atoms with E-state index in [1.165, 1.54) is 6.07 Å². The third-order valence-corrected chi connectivity index (χ3v) is 6.31. The number of carbonyl (C=O) groups excluding carboxylic acids is 2. The maximum absolute atomic E-state index is 13.9. The van der Waals surface area contributed by atoms with E-state index in [2.05, 4.69) is 15.5 Å². The molecule has 160 valence electrons. The van der Waals surface area contributed by atoms with E-state index >= 15 is 0 Å². The molecule has 2 aliphatic rings. The van der Waals surface area contributed by atoms with Gasteiger partial charge in [0.2, 0.25) is 17.7 Å². The Morgan fingerprint density at radius 3 is 2.80 bits per heavy atom. The van der Waals surface area contributed by atoms with Crippen LogP contribution >= 0.6 is 0 Å². The lowest BCUT2D eigenvalue weighted by atomic mass is 9.80. The highest BCUT2D eigenvalue weighted by Gasteiger charge is 2.58. The fourth-order valence-electron chi connectivity index (χ4n) is 4.94. The average Bonchev–Trinajstić information content (AvgIpc) is 3.35. The van der Waals surface area contributed by atoms with Crippen LogP contribution in [0.2, 0.25) is 0 Å². The van der Waals surface area contributed by atoms with E-state index in [-0.39, 0.29) is 41.9 Å². The lowest BCUT2D eigenvalue weighted by Gasteiger charge is -2.26. The van der Waals surface area contributed by atoms with Gasteiger partial charge in [-0.15, -0.1) is 0 Å². The van der Waals surface area contributed by atoms with Crippen LogP contribution in [0.4, 0.5) is 4.39 Å². The predicted octanol–water partition coefficient (Wildman–Crippen LogP) is 2.39. The minimum Gasteiger partial charge on any atom is -0.353 e. The Hall–Kier alpha value is -2.77. The number of amides is 2. The van der Waals surface area contributed by atoms with E-state index in [0.717, 1.165) is 0 Å². The first-order valence-corrected chi connectivity index (χ1v) is 10.4. The summed E-state index contributed by atoms with van der Waals surface area (Å²) in [6, 6.07) is 6.22. The summed E-state index contributed by atoms with van der Waals surface area (Å²) in [6.07, 6.45) is 1.33. The van der Waals surface area contributed by atoms with Crippen LogP contribution in [0.25, 0.3) is 0 Å². The molecule has 3 atom stereocenters. The number of likely N-dealkylation sites (tertiary alicyclic amines) is 1. The first-order chi connectivity index (χ1) is 14.3. The van der Waals surface area contributed by atoms with E-state index < -0.39 is 5.41 Å². The standard InChI is InChI=1S/C22H27FN4O3/c1-13(2)20(29)27-11-16-9-17(10-22(16,12-27)21-24-14(3)26-30-21)25-19(28)8-15-6-4-5-7-18(15)23/h4-7,13,16-17H,8-12H2,1-3H3,(H,25,28). The average molecular weight is 414 g/mol. The monoisotopic (exact) mass is 414 g/mol. The summed E-state index contributed by atoms with van der Waals surface area (Å²) < 4.78 is 19.4. The molecule has 0 spiro atoms. The number of hydrogen-bond acceptors (Lipinski definition) is 5. The van der Waals surface area contributed by atoms with Gasteiger partial charge in [-0.05, 0) is 37.3 Å². The number of aromatic nitrogens is 2. The highest BCUT2D eigenvalue weighted by atomic mass is 19.1. The van der Waals surface area contributed by atoms with Crippen molar-refractivity contribution in [2.24, 2.45) is 11.8 Å². The van der Waals surface area contributed by atoms with Crippen LogP contribution in [0, 0.1) is 24.6 Å². The third kappa shape index (κ3) is 3.70.